The number of rotatable bonds is 39. The Balaban J connectivity index is 1.60. The van der Waals surface area contributed by atoms with Crippen LogP contribution in [0.1, 0.15) is 115 Å². The molecule has 0 heterocycles. The number of carbonyl (C=O) groups excluding carboxylic acids is 11. The van der Waals surface area contributed by atoms with Crippen LogP contribution in [-0.2, 0) is 44.9 Å². The Labute approximate surface area is 514 Å². The summed E-state index contributed by atoms with van der Waals surface area (Å²) in [4.78, 5) is 149. The van der Waals surface area contributed by atoms with Crippen molar-refractivity contribution in [3.05, 3.63) is 117 Å². The maximum absolute atomic E-state index is 14.4. The van der Waals surface area contributed by atoms with E-state index in [9.17, 15) is 52.7 Å². The number of ketones is 4. The average molecular weight is 1240 g/mol. The van der Waals surface area contributed by atoms with Gasteiger partial charge in [0.25, 0.3) is 23.6 Å². The van der Waals surface area contributed by atoms with Crippen LogP contribution < -0.4 is 91.0 Å². The second-order valence-electron chi connectivity index (χ2n) is 20.5. The zero-order chi connectivity index (χ0) is 65.7. The smallest absolute Gasteiger partial charge is 0.312 e. The Morgan fingerprint density at radius 2 is 0.697 bits per heavy atom. The summed E-state index contributed by atoms with van der Waals surface area (Å²) in [5.41, 5.74) is 39.8. The van der Waals surface area contributed by atoms with Gasteiger partial charge in [-0.25, -0.2) is 14.4 Å². The normalized spacial score (nSPS) is 12.1. The van der Waals surface area contributed by atoms with E-state index in [0.717, 1.165) is 0 Å². The Hall–Kier alpha value is -10.3. The van der Waals surface area contributed by atoms with Crippen LogP contribution in [0.4, 0.5) is 14.4 Å². The predicted molar refractivity (Wildman–Crippen MR) is 327 cm³/mol. The van der Waals surface area contributed by atoms with Gasteiger partial charge in [0.1, 0.15) is 23.0 Å². The van der Waals surface area contributed by atoms with Crippen LogP contribution in [0.2, 0.25) is 0 Å². The van der Waals surface area contributed by atoms with E-state index >= 15 is 0 Å². The number of guanidine groups is 1. The third kappa shape index (κ3) is 23.5. The van der Waals surface area contributed by atoms with Gasteiger partial charge in [-0.15, -0.1) is 0 Å². The summed E-state index contributed by atoms with van der Waals surface area (Å²) in [6, 6.07) is 11.1. The number of ether oxygens (including phenoxy) is 4. The van der Waals surface area contributed by atoms with Gasteiger partial charge in [-0.2, -0.15) is 0 Å². The first-order valence-electron chi connectivity index (χ1n) is 28.3. The number of nitrogens with two attached hydrogens (primary N) is 7. The van der Waals surface area contributed by atoms with Gasteiger partial charge in [-0.05, 0) is 122 Å². The lowest BCUT2D eigenvalue weighted by Crippen LogP contribution is -2.43. The highest BCUT2D eigenvalue weighted by Crippen LogP contribution is 2.26. The number of hydrogen-bond donors (Lipinski definition) is 13. The van der Waals surface area contributed by atoms with Crippen LogP contribution >= 0.6 is 0 Å². The highest BCUT2D eigenvalue weighted by Gasteiger charge is 2.29. The summed E-state index contributed by atoms with van der Waals surface area (Å²) < 4.78 is 21.8. The van der Waals surface area contributed by atoms with Crippen LogP contribution in [0.5, 0.6) is 23.0 Å². The lowest BCUT2D eigenvalue weighted by Gasteiger charge is -2.21. The maximum atomic E-state index is 14.4. The minimum Gasteiger partial charge on any atom is -0.496 e. The fraction of sp³-hybridized carbons (Fsp3) is 0.400. The minimum absolute atomic E-state index is 0.000930. The molecule has 4 aromatic rings. The third-order valence-corrected chi connectivity index (χ3v) is 13.9. The van der Waals surface area contributed by atoms with Crippen molar-refractivity contribution >= 4 is 70.8 Å². The zero-order valence-electron chi connectivity index (χ0n) is 50.2. The molecule has 29 heteroatoms. The summed E-state index contributed by atoms with van der Waals surface area (Å²) in [6.45, 7) is 0.447. The first-order valence-corrected chi connectivity index (χ1v) is 28.3. The van der Waals surface area contributed by atoms with Crippen molar-refractivity contribution < 1.29 is 71.7 Å². The van der Waals surface area contributed by atoms with Crippen molar-refractivity contribution in [1.82, 2.24) is 31.9 Å². The lowest BCUT2D eigenvalue weighted by molar-refractivity contribution is -0.121. The molecule has 0 saturated heterocycles. The molecule has 0 unspecified atom stereocenters. The van der Waals surface area contributed by atoms with Crippen LogP contribution in [-0.4, -0.2) is 150 Å². The molecule has 0 bridgehead atoms. The molecular formula is C60H80N14O15. The number of methoxy groups -OCH3 is 4. The minimum atomic E-state index is -1.20. The van der Waals surface area contributed by atoms with Crippen molar-refractivity contribution in [2.24, 2.45) is 45.1 Å². The van der Waals surface area contributed by atoms with Crippen LogP contribution in [0.15, 0.2) is 77.8 Å². The monoisotopic (exact) mass is 1240 g/mol. The number of hydrogen-bond acceptors (Lipinski definition) is 17. The van der Waals surface area contributed by atoms with Gasteiger partial charge in [0.2, 0.25) is 0 Å². The van der Waals surface area contributed by atoms with Gasteiger partial charge >= 0.3 is 18.1 Å². The Morgan fingerprint density at radius 3 is 1.00 bits per heavy atom. The molecule has 0 radical (unpaired) electrons. The number of primary amides is 4. The molecule has 0 aliphatic rings. The number of amides is 10. The molecule has 89 heavy (non-hydrogen) atoms. The number of nitrogens with one attached hydrogen (secondary N) is 6. The molecular weight excluding hydrogens is 1160 g/mol. The average Bonchev–Trinajstić information content (AvgIpc) is 2.33. The molecule has 20 N–H and O–H groups in total. The topological polar surface area (TPSA) is 491 Å². The molecule has 0 spiro atoms. The van der Waals surface area contributed by atoms with Crippen molar-refractivity contribution in [2.45, 2.75) is 101 Å². The van der Waals surface area contributed by atoms with E-state index in [2.05, 4.69) is 36.9 Å². The molecule has 29 nitrogen and oxygen atoms in total. The number of aliphatic imine (C=N–C) groups is 1. The fourth-order valence-corrected chi connectivity index (χ4v) is 9.37. The van der Waals surface area contributed by atoms with Gasteiger partial charge in [-0.3, -0.25) is 43.3 Å². The van der Waals surface area contributed by atoms with Crippen molar-refractivity contribution in [2.75, 3.05) is 54.6 Å². The zero-order valence-corrected chi connectivity index (χ0v) is 50.2. The van der Waals surface area contributed by atoms with Gasteiger partial charge < -0.3 is 91.0 Å². The Morgan fingerprint density at radius 1 is 0.404 bits per heavy atom. The summed E-state index contributed by atoms with van der Waals surface area (Å²) in [5, 5.41) is 15.6. The molecule has 0 aromatic heterocycles. The summed E-state index contributed by atoms with van der Waals surface area (Å²) in [6.07, 6.45) is 0.283. The lowest BCUT2D eigenvalue weighted by atomic mass is 9.96. The second-order valence-corrected chi connectivity index (χ2v) is 20.5. The molecule has 0 saturated carbocycles. The fourth-order valence-electron chi connectivity index (χ4n) is 9.37. The maximum Gasteiger partial charge on any atom is 0.312 e. The molecule has 4 rings (SSSR count). The largest absolute Gasteiger partial charge is 0.496 e. The van der Waals surface area contributed by atoms with E-state index in [-0.39, 0.29) is 154 Å². The number of carbonyl (C=O) groups is 11. The van der Waals surface area contributed by atoms with Crippen molar-refractivity contribution in [3.63, 3.8) is 0 Å². The van der Waals surface area contributed by atoms with Gasteiger partial charge in [-0.1, -0.05) is 24.3 Å². The first kappa shape index (κ1) is 71.2. The molecule has 0 aliphatic heterocycles. The van der Waals surface area contributed by atoms with Crippen molar-refractivity contribution in [3.8, 4) is 23.0 Å². The van der Waals surface area contributed by atoms with E-state index in [0.29, 0.717) is 28.7 Å². The van der Waals surface area contributed by atoms with Gasteiger partial charge in [0.15, 0.2) is 29.1 Å². The first-order chi connectivity index (χ1) is 42.4. The van der Waals surface area contributed by atoms with Crippen molar-refractivity contribution in [1.29, 1.82) is 0 Å². The van der Waals surface area contributed by atoms with E-state index in [4.69, 9.17) is 59.1 Å². The van der Waals surface area contributed by atoms with Gasteiger partial charge in [0, 0.05) is 51.9 Å². The summed E-state index contributed by atoms with van der Waals surface area (Å²) in [7, 11) is 5.34. The van der Waals surface area contributed by atoms with Crippen LogP contribution in [0, 0.1) is 0 Å². The molecule has 10 amide bonds. The van der Waals surface area contributed by atoms with E-state index in [1.165, 1.54) is 77.0 Å². The number of nitrogens with zero attached hydrogens (tertiary/aromatic N) is 1. The molecule has 0 fully saturated rings. The molecule has 4 aromatic carbocycles. The number of Topliss-reactive ketones (excluding diaryl/α,β-unsaturated/α-hetero) is 4. The third-order valence-electron chi connectivity index (χ3n) is 13.9. The number of benzene rings is 4. The Kier molecular flexibility index (Phi) is 28.8. The highest BCUT2D eigenvalue weighted by molar-refractivity contribution is 6.04. The SMILES string of the molecule is COc1ccc(CC(=O)[C@@H](CCCNC(N)=O)NC(=O)c2cc(CC(=O)[C@@H](CCCN=C(N)N)NC(=O)c3cc(CC(=O)[C@@H](CCCNC(N)=O)NC(=O)c4cc(CC(=O)[C@H](N)CCCNC(N)=O)ccc4OC)ccc3OC)ccc2OC)cc1C(N)=O. The van der Waals surface area contributed by atoms with Crippen LogP contribution in [0.25, 0.3) is 0 Å². The molecule has 0 aliphatic carbocycles. The van der Waals surface area contributed by atoms with Gasteiger partial charge in [0.05, 0.1) is 74.9 Å². The van der Waals surface area contributed by atoms with Crippen LogP contribution in [0.3, 0.4) is 0 Å². The molecule has 4 atom stereocenters. The van der Waals surface area contributed by atoms with E-state index < -0.39 is 83.2 Å². The standard InChI is InChI=1S/C60H80N14O15/c1-86-49-17-13-33(25-37(49)53(62)79)30-46(76)43(11-7-23-70-59(66)84)73-56(82)40-27-35(15-19-52(40)89-4)31-47(77)42(10-6-21-68-57(63)64)72-55(81)39-28-36(16-20-51(39)88-3)32-48(78)44(12-8-24-71-60(67)85)74-54(80)38-26-34(14-18-50(38)87-2)29-45(75)41(61)9-5-22-69-58(65)83/h13-20,25-28,41-44H,5-12,21-24,29-32,61H2,1-4H3,(H2,62,79)(H,72,81)(H,73,82)(H,74,80)(H4,63,64,68)(H3,65,69,83)(H3,66,70,84)(H3,67,71,85)/t41-,42-,43-,44-/m1/s1. The number of urea groups is 3. The second kappa shape index (κ2) is 36.0. The highest BCUT2D eigenvalue weighted by atomic mass is 16.5. The Bertz CT molecular complexity index is 3240. The molecule has 480 valence electrons. The van der Waals surface area contributed by atoms with E-state index in [1.54, 1.807) is 24.3 Å². The quantitative estimate of drug-likeness (QED) is 0.0163. The summed E-state index contributed by atoms with van der Waals surface area (Å²) >= 11 is 0. The van der Waals surface area contributed by atoms with E-state index in [1.807, 2.05) is 0 Å². The predicted octanol–water partition coefficient (Wildman–Crippen LogP) is 0.388. The summed E-state index contributed by atoms with van der Waals surface area (Å²) in [5.74, 6) is -4.57.